The molecular formula is C34H40N6O2. The third-order valence-corrected chi connectivity index (χ3v) is 9.32. The van der Waals surface area contributed by atoms with E-state index in [1.54, 1.807) is 0 Å². The number of hydrogen-bond acceptors (Lipinski definition) is 7. The first-order valence-electron chi connectivity index (χ1n) is 15.1. The molecule has 42 heavy (non-hydrogen) atoms. The molecule has 0 N–H and O–H groups in total. The summed E-state index contributed by atoms with van der Waals surface area (Å²) in [5, 5.41) is 13.0. The van der Waals surface area contributed by atoms with Gasteiger partial charge in [0.1, 0.15) is 18.2 Å². The summed E-state index contributed by atoms with van der Waals surface area (Å²) in [6.07, 6.45) is 4.40. The molecule has 6 rings (SSSR count). The molecule has 0 aliphatic carbocycles. The van der Waals surface area contributed by atoms with Crippen LogP contribution in [0, 0.1) is 18.3 Å². The van der Waals surface area contributed by atoms with Crippen LogP contribution in [0.1, 0.15) is 42.1 Å². The van der Waals surface area contributed by atoms with Crippen molar-refractivity contribution in [1.29, 1.82) is 5.26 Å². The predicted octanol–water partition coefficient (Wildman–Crippen LogP) is 4.67. The second-order valence-electron chi connectivity index (χ2n) is 11.9. The van der Waals surface area contributed by atoms with Gasteiger partial charge in [0.05, 0.1) is 17.9 Å². The number of fused-ring (bicyclic) bond motifs is 2. The molecule has 2 saturated heterocycles. The summed E-state index contributed by atoms with van der Waals surface area (Å²) in [5.74, 6) is 0.380. The maximum atomic E-state index is 12.5. The van der Waals surface area contributed by atoms with Gasteiger partial charge < -0.3 is 24.3 Å². The monoisotopic (exact) mass is 564 g/mol. The number of anilines is 2. The van der Waals surface area contributed by atoms with E-state index in [9.17, 15) is 10.1 Å². The molecule has 3 aliphatic rings. The normalized spacial score (nSPS) is 20.9. The van der Waals surface area contributed by atoms with E-state index in [4.69, 9.17) is 9.72 Å². The molecule has 2 atom stereocenters. The number of nitrogens with zero attached hydrogens (tertiary/aromatic N) is 6. The van der Waals surface area contributed by atoms with Crippen LogP contribution in [0.3, 0.4) is 0 Å². The standard InChI is InChI=1S/C34H40N6O2/c1-5-31(41)40-18-17-39(20-24(40)3)33-27-14-16-38(30-13-7-11-25-10-6-9-23(2)32(25)30)21-29(27)36-34(28(33)19-35)42-22-26-12-8-15-37(26)4/h5-7,9-11,13,24,26H,1,8,12,14-18,20-22H2,2-4H3/t24?,26-/m0/s1. The van der Waals surface area contributed by atoms with Gasteiger partial charge in [0.25, 0.3) is 0 Å². The summed E-state index contributed by atoms with van der Waals surface area (Å²) in [6.45, 7) is 12.8. The van der Waals surface area contributed by atoms with E-state index in [1.807, 2.05) is 4.90 Å². The molecule has 8 heteroatoms. The van der Waals surface area contributed by atoms with Gasteiger partial charge in [-0.1, -0.05) is 36.9 Å². The van der Waals surface area contributed by atoms with Gasteiger partial charge in [-0.25, -0.2) is 4.98 Å². The van der Waals surface area contributed by atoms with Crippen molar-refractivity contribution >= 4 is 28.1 Å². The quantitative estimate of drug-likeness (QED) is 0.403. The first-order valence-corrected chi connectivity index (χ1v) is 15.1. The second kappa shape index (κ2) is 11.7. The van der Waals surface area contributed by atoms with E-state index in [0.717, 1.165) is 49.3 Å². The number of likely N-dealkylation sites (tertiary alicyclic amines) is 1. The molecule has 8 nitrogen and oxygen atoms in total. The molecule has 1 amide bonds. The minimum absolute atomic E-state index is 0.00476. The van der Waals surface area contributed by atoms with Crippen molar-refractivity contribution in [2.24, 2.45) is 0 Å². The maximum absolute atomic E-state index is 12.5. The van der Waals surface area contributed by atoms with Gasteiger partial charge in [0.2, 0.25) is 11.8 Å². The Balaban J connectivity index is 1.39. The van der Waals surface area contributed by atoms with Gasteiger partial charge in [-0.2, -0.15) is 5.26 Å². The zero-order valence-electron chi connectivity index (χ0n) is 25.0. The van der Waals surface area contributed by atoms with Crippen LogP contribution in [0.4, 0.5) is 11.4 Å². The molecule has 0 saturated carbocycles. The highest BCUT2D eigenvalue weighted by Crippen LogP contribution is 2.40. The van der Waals surface area contributed by atoms with Gasteiger partial charge in [0.15, 0.2) is 0 Å². The first kappa shape index (κ1) is 28.0. The molecule has 0 radical (unpaired) electrons. The summed E-state index contributed by atoms with van der Waals surface area (Å²) in [5.41, 5.74) is 6.01. The summed E-state index contributed by atoms with van der Waals surface area (Å²) in [6, 6.07) is 15.7. The topological polar surface area (TPSA) is 75.9 Å². The third-order valence-electron chi connectivity index (χ3n) is 9.32. The predicted molar refractivity (Wildman–Crippen MR) is 167 cm³/mol. The van der Waals surface area contributed by atoms with E-state index in [-0.39, 0.29) is 11.9 Å². The van der Waals surface area contributed by atoms with Crippen molar-refractivity contribution in [3.05, 3.63) is 71.4 Å². The maximum Gasteiger partial charge on any atom is 0.246 e. The molecule has 3 aromatic rings. The number of aryl methyl sites for hydroxylation is 1. The van der Waals surface area contributed by atoms with Crippen molar-refractivity contribution in [3.8, 4) is 11.9 Å². The molecule has 4 heterocycles. The average molecular weight is 565 g/mol. The Morgan fingerprint density at radius 2 is 1.98 bits per heavy atom. The molecule has 2 fully saturated rings. The Labute approximate surface area is 248 Å². The zero-order valence-corrected chi connectivity index (χ0v) is 25.0. The van der Waals surface area contributed by atoms with Gasteiger partial charge in [-0.15, -0.1) is 0 Å². The highest BCUT2D eigenvalue weighted by Gasteiger charge is 2.34. The van der Waals surface area contributed by atoms with Crippen LogP contribution in [-0.2, 0) is 17.8 Å². The van der Waals surface area contributed by atoms with Gasteiger partial charge in [-0.3, -0.25) is 4.79 Å². The molecule has 2 aromatic carbocycles. The van der Waals surface area contributed by atoms with Crippen LogP contribution >= 0.6 is 0 Å². The summed E-state index contributed by atoms with van der Waals surface area (Å²) >= 11 is 0. The summed E-state index contributed by atoms with van der Waals surface area (Å²) in [7, 11) is 2.13. The number of hydrogen-bond donors (Lipinski definition) is 0. The fourth-order valence-corrected chi connectivity index (χ4v) is 7.03. The van der Waals surface area contributed by atoms with E-state index >= 15 is 0 Å². The van der Waals surface area contributed by atoms with Crippen LogP contribution in [0.25, 0.3) is 10.8 Å². The lowest BCUT2D eigenvalue weighted by Gasteiger charge is -2.42. The molecule has 218 valence electrons. The van der Waals surface area contributed by atoms with E-state index in [0.29, 0.717) is 50.3 Å². The van der Waals surface area contributed by atoms with E-state index < -0.39 is 0 Å². The number of carbonyl (C=O) groups is 1. The fraction of sp³-hybridized carbons (Fsp3) is 0.441. The Morgan fingerprint density at radius 1 is 1.17 bits per heavy atom. The number of carbonyl (C=O) groups excluding carboxylic acids is 1. The number of aromatic nitrogens is 1. The largest absolute Gasteiger partial charge is 0.475 e. The van der Waals surface area contributed by atoms with Crippen LogP contribution in [0.2, 0.25) is 0 Å². The lowest BCUT2D eigenvalue weighted by molar-refractivity contribution is -0.128. The van der Waals surface area contributed by atoms with Crippen LogP contribution < -0.4 is 14.5 Å². The van der Waals surface area contributed by atoms with Gasteiger partial charge in [-0.05, 0) is 69.8 Å². The highest BCUT2D eigenvalue weighted by molar-refractivity contribution is 5.97. The summed E-state index contributed by atoms with van der Waals surface area (Å²) < 4.78 is 6.42. The van der Waals surface area contributed by atoms with E-state index in [2.05, 4.69) is 84.6 Å². The molecule has 1 aromatic heterocycles. The minimum atomic E-state index is -0.0508. The highest BCUT2D eigenvalue weighted by atomic mass is 16.5. The Morgan fingerprint density at radius 3 is 2.69 bits per heavy atom. The second-order valence-corrected chi connectivity index (χ2v) is 11.9. The van der Waals surface area contributed by atoms with Crippen molar-refractivity contribution in [1.82, 2.24) is 14.8 Å². The number of amides is 1. The number of ether oxygens (including phenoxy) is 1. The number of piperazine rings is 1. The number of nitriles is 1. The lowest BCUT2D eigenvalue weighted by atomic mass is 9.96. The van der Waals surface area contributed by atoms with Crippen molar-refractivity contribution in [2.45, 2.75) is 51.7 Å². The fourth-order valence-electron chi connectivity index (χ4n) is 7.03. The first-order chi connectivity index (χ1) is 20.4. The molecule has 3 aliphatic heterocycles. The van der Waals surface area contributed by atoms with Crippen molar-refractivity contribution in [2.75, 3.05) is 56.2 Å². The van der Waals surface area contributed by atoms with Crippen LogP contribution in [0.15, 0.2) is 49.1 Å². The zero-order chi connectivity index (χ0) is 29.4. The average Bonchev–Trinajstić information content (AvgIpc) is 3.42. The number of likely N-dealkylation sites (N-methyl/N-ethyl adjacent to an activating group) is 1. The smallest absolute Gasteiger partial charge is 0.246 e. The Kier molecular flexibility index (Phi) is 7.78. The number of pyridine rings is 1. The van der Waals surface area contributed by atoms with Gasteiger partial charge in [0, 0.05) is 54.9 Å². The third kappa shape index (κ3) is 5.07. The Hall–Kier alpha value is -4.09. The number of benzene rings is 2. The molecule has 1 unspecified atom stereocenters. The number of rotatable bonds is 6. The van der Waals surface area contributed by atoms with E-state index in [1.165, 1.54) is 28.1 Å². The minimum Gasteiger partial charge on any atom is -0.475 e. The molecular weight excluding hydrogens is 524 g/mol. The molecule has 0 bridgehead atoms. The van der Waals surface area contributed by atoms with Crippen LogP contribution in [-0.4, -0.2) is 79.2 Å². The van der Waals surface area contributed by atoms with Crippen LogP contribution in [0.5, 0.6) is 5.88 Å². The van der Waals surface area contributed by atoms with Gasteiger partial charge >= 0.3 is 0 Å². The molecule has 0 spiro atoms. The SMILES string of the molecule is C=CC(=O)N1CCN(c2c(C#N)c(OC[C@@H]3CCCN3C)nc3c2CCN(c2cccc4cccc(C)c24)C3)CC1C. The van der Waals surface area contributed by atoms with Crippen molar-refractivity contribution in [3.63, 3.8) is 0 Å². The Bertz CT molecular complexity index is 1560. The summed E-state index contributed by atoms with van der Waals surface area (Å²) in [4.78, 5) is 26.4. The van der Waals surface area contributed by atoms with Crippen molar-refractivity contribution < 1.29 is 9.53 Å². The lowest BCUT2D eigenvalue weighted by Crippen LogP contribution is -2.54.